The van der Waals surface area contributed by atoms with Crippen molar-refractivity contribution in [2.45, 2.75) is 26.4 Å². The predicted octanol–water partition coefficient (Wildman–Crippen LogP) is 0.228. The van der Waals surface area contributed by atoms with E-state index < -0.39 is 11.9 Å². The fourth-order valence-corrected chi connectivity index (χ4v) is 1.93. The maximum absolute atomic E-state index is 11.6. The second-order valence-corrected chi connectivity index (χ2v) is 6.17. The van der Waals surface area contributed by atoms with Crippen LogP contribution >= 0.6 is 0 Å². The molecule has 0 spiro atoms. The van der Waals surface area contributed by atoms with Gasteiger partial charge in [0, 0.05) is 13.1 Å². The van der Waals surface area contributed by atoms with Crippen molar-refractivity contribution in [3.05, 3.63) is 0 Å². The zero-order chi connectivity index (χ0) is 16.2. The maximum atomic E-state index is 11.6. The number of ether oxygens (including phenoxy) is 1. The summed E-state index contributed by atoms with van der Waals surface area (Å²) in [5.74, 6) is -2.17. The minimum absolute atomic E-state index is 0.161. The Hall–Kier alpha value is -1.83. The molecule has 0 bridgehead atoms. The zero-order valence-corrected chi connectivity index (χ0v) is 12.5. The average Bonchev–Trinajstić information content (AvgIpc) is 2.17. The molecule has 2 aliphatic rings. The fraction of sp³-hybridized carbons (Fsp3) is 0.769. The van der Waals surface area contributed by atoms with Gasteiger partial charge in [0.2, 0.25) is 0 Å². The Labute approximate surface area is 123 Å². The normalized spacial score (nSPS) is 18.7. The average molecular weight is 302 g/mol. The van der Waals surface area contributed by atoms with Gasteiger partial charge in [-0.25, -0.2) is 14.4 Å². The molecule has 2 aliphatic heterocycles. The molecular weight excluding hydrogens is 280 g/mol. The molecule has 120 valence electrons. The number of carbonyl (C=O) groups excluding carboxylic acids is 1. The van der Waals surface area contributed by atoms with E-state index in [1.807, 2.05) is 20.8 Å². The molecule has 2 rings (SSSR count). The number of hydrogen-bond acceptors (Lipinski definition) is 5. The van der Waals surface area contributed by atoms with Gasteiger partial charge in [0.25, 0.3) is 0 Å². The van der Waals surface area contributed by atoms with E-state index in [0.29, 0.717) is 5.92 Å². The number of nitrogens with zero attached hydrogens (tertiary/aromatic N) is 1. The van der Waals surface area contributed by atoms with Crippen LogP contribution in [0.15, 0.2) is 0 Å². The third-order valence-corrected chi connectivity index (χ3v) is 3.22. The maximum Gasteiger partial charge on any atom is 0.414 e. The first-order valence-electron chi connectivity index (χ1n) is 6.75. The highest BCUT2D eigenvalue weighted by atomic mass is 16.6. The highest BCUT2D eigenvalue weighted by Gasteiger charge is 2.39. The van der Waals surface area contributed by atoms with Crippen LogP contribution in [0.4, 0.5) is 4.79 Å². The largest absolute Gasteiger partial charge is 0.473 e. The fourth-order valence-electron chi connectivity index (χ4n) is 1.93. The zero-order valence-electron chi connectivity index (χ0n) is 12.5. The van der Waals surface area contributed by atoms with E-state index in [0.717, 1.165) is 32.1 Å². The van der Waals surface area contributed by atoms with Gasteiger partial charge in [0.1, 0.15) is 5.60 Å². The lowest BCUT2D eigenvalue weighted by atomic mass is 9.82. The number of rotatable bonds is 1. The highest BCUT2D eigenvalue weighted by Crippen LogP contribution is 2.27. The van der Waals surface area contributed by atoms with E-state index >= 15 is 0 Å². The summed E-state index contributed by atoms with van der Waals surface area (Å²) in [6.07, 6.45) is -0.161. The molecular formula is C13H22N2O6. The Kier molecular flexibility index (Phi) is 5.54. The van der Waals surface area contributed by atoms with Gasteiger partial charge < -0.3 is 25.2 Å². The number of carboxylic acids is 2. The standard InChI is InChI=1S/C11H20N2O2.C2H2O4/c1-11(2,3)15-10(14)13-6-9(7-13)8-4-12-5-8;3-1(4)2(5)6/h8-9,12H,4-7H2,1-3H3;(H,3,4)(H,5,6). The first-order valence-corrected chi connectivity index (χ1v) is 6.75. The summed E-state index contributed by atoms with van der Waals surface area (Å²) in [5, 5.41) is 18.0. The molecule has 1 amide bonds. The van der Waals surface area contributed by atoms with Crippen molar-refractivity contribution in [2.24, 2.45) is 11.8 Å². The lowest BCUT2D eigenvalue weighted by molar-refractivity contribution is -0.159. The molecule has 3 N–H and O–H groups in total. The summed E-state index contributed by atoms with van der Waals surface area (Å²) >= 11 is 0. The summed E-state index contributed by atoms with van der Waals surface area (Å²) in [6.45, 7) is 9.69. The molecule has 0 unspecified atom stereocenters. The molecule has 0 aromatic rings. The van der Waals surface area contributed by atoms with Gasteiger partial charge in [0.15, 0.2) is 0 Å². The van der Waals surface area contributed by atoms with Crippen LogP contribution in [0.3, 0.4) is 0 Å². The molecule has 2 saturated heterocycles. The van der Waals surface area contributed by atoms with Crippen LogP contribution in [0.25, 0.3) is 0 Å². The lowest BCUT2D eigenvalue weighted by Gasteiger charge is -2.46. The van der Waals surface area contributed by atoms with Crippen LogP contribution in [-0.2, 0) is 14.3 Å². The van der Waals surface area contributed by atoms with Gasteiger partial charge in [-0.15, -0.1) is 0 Å². The highest BCUT2D eigenvalue weighted by molar-refractivity contribution is 6.27. The van der Waals surface area contributed by atoms with E-state index in [1.165, 1.54) is 0 Å². The molecule has 8 nitrogen and oxygen atoms in total. The molecule has 0 aliphatic carbocycles. The molecule has 0 atom stereocenters. The monoisotopic (exact) mass is 302 g/mol. The second-order valence-electron chi connectivity index (χ2n) is 6.17. The Bertz CT molecular complexity index is 395. The van der Waals surface area contributed by atoms with Crippen molar-refractivity contribution in [3.8, 4) is 0 Å². The van der Waals surface area contributed by atoms with Gasteiger partial charge in [-0.1, -0.05) is 0 Å². The van der Waals surface area contributed by atoms with Crippen LogP contribution in [0, 0.1) is 11.8 Å². The number of nitrogens with one attached hydrogen (secondary N) is 1. The van der Waals surface area contributed by atoms with Crippen LogP contribution in [0.5, 0.6) is 0 Å². The van der Waals surface area contributed by atoms with Gasteiger partial charge in [-0.3, -0.25) is 0 Å². The summed E-state index contributed by atoms with van der Waals surface area (Å²) in [5.41, 5.74) is -0.375. The van der Waals surface area contributed by atoms with Gasteiger partial charge in [0.05, 0.1) is 0 Å². The van der Waals surface area contributed by atoms with E-state index in [9.17, 15) is 4.79 Å². The molecule has 2 fully saturated rings. The van der Waals surface area contributed by atoms with E-state index in [-0.39, 0.29) is 11.7 Å². The smallest absolute Gasteiger partial charge is 0.414 e. The summed E-state index contributed by atoms with van der Waals surface area (Å²) in [7, 11) is 0. The molecule has 0 aromatic heterocycles. The first kappa shape index (κ1) is 17.2. The quantitative estimate of drug-likeness (QED) is 0.594. The van der Waals surface area contributed by atoms with Crippen molar-refractivity contribution >= 4 is 18.0 Å². The molecule has 21 heavy (non-hydrogen) atoms. The Balaban J connectivity index is 0.000000315. The molecule has 0 aromatic carbocycles. The summed E-state index contributed by atoms with van der Waals surface area (Å²) < 4.78 is 5.29. The first-order chi connectivity index (χ1) is 9.60. The van der Waals surface area contributed by atoms with Crippen LogP contribution in [-0.4, -0.2) is 64.9 Å². The number of amides is 1. The second kappa shape index (κ2) is 6.75. The number of hydrogen-bond donors (Lipinski definition) is 3. The summed E-state index contributed by atoms with van der Waals surface area (Å²) in [4.78, 5) is 31.6. The third kappa shape index (κ3) is 5.58. The third-order valence-electron chi connectivity index (χ3n) is 3.22. The molecule has 0 radical (unpaired) electrons. The number of aliphatic carboxylic acids is 2. The van der Waals surface area contributed by atoms with E-state index in [4.69, 9.17) is 24.5 Å². The van der Waals surface area contributed by atoms with Crippen LogP contribution in [0.2, 0.25) is 0 Å². The molecule has 0 saturated carbocycles. The molecule has 2 heterocycles. The Morgan fingerprint density at radius 2 is 1.52 bits per heavy atom. The number of carbonyl (C=O) groups is 3. The predicted molar refractivity (Wildman–Crippen MR) is 72.9 cm³/mol. The van der Waals surface area contributed by atoms with Crippen LogP contribution in [0.1, 0.15) is 20.8 Å². The summed E-state index contributed by atoms with van der Waals surface area (Å²) in [6, 6.07) is 0. The van der Waals surface area contributed by atoms with Crippen molar-refractivity contribution in [3.63, 3.8) is 0 Å². The van der Waals surface area contributed by atoms with Gasteiger partial charge in [-0.2, -0.15) is 0 Å². The van der Waals surface area contributed by atoms with Crippen molar-refractivity contribution in [1.82, 2.24) is 10.2 Å². The Morgan fingerprint density at radius 3 is 1.81 bits per heavy atom. The van der Waals surface area contributed by atoms with Gasteiger partial charge >= 0.3 is 18.0 Å². The van der Waals surface area contributed by atoms with Crippen molar-refractivity contribution < 1.29 is 29.3 Å². The number of carboxylic acid groups (broad SMARTS) is 2. The van der Waals surface area contributed by atoms with Crippen molar-refractivity contribution in [2.75, 3.05) is 26.2 Å². The Morgan fingerprint density at radius 1 is 1.05 bits per heavy atom. The van der Waals surface area contributed by atoms with Crippen molar-refractivity contribution in [1.29, 1.82) is 0 Å². The molecule has 8 heteroatoms. The topological polar surface area (TPSA) is 116 Å². The SMILES string of the molecule is CC(C)(C)OC(=O)N1CC(C2CNC2)C1.O=C(O)C(=O)O. The van der Waals surface area contributed by atoms with Gasteiger partial charge in [-0.05, 0) is 45.7 Å². The van der Waals surface area contributed by atoms with E-state index in [2.05, 4.69) is 5.32 Å². The number of likely N-dealkylation sites (tertiary alicyclic amines) is 1. The minimum Gasteiger partial charge on any atom is -0.473 e. The minimum atomic E-state index is -1.82. The van der Waals surface area contributed by atoms with E-state index in [1.54, 1.807) is 4.90 Å². The lowest BCUT2D eigenvalue weighted by Crippen LogP contribution is -2.60. The van der Waals surface area contributed by atoms with Crippen LogP contribution < -0.4 is 5.32 Å².